The Morgan fingerprint density at radius 1 is 1.20 bits per heavy atom. The van der Waals surface area contributed by atoms with Crippen LogP contribution in [0.1, 0.15) is 28.8 Å². The molecule has 0 radical (unpaired) electrons. The maximum absolute atomic E-state index is 12.2. The molecule has 2 aliphatic heterocycles. The first kappa shape index (κ1) is 15.8. The van der Waals surface area contributed by atoms with E-state index < -0.39 is 0 Å². The number of amides is 1. The number of benzene rings is 1. The fourth-order valence-corrected chi connectivity index (χ4v) is 3.24. The minimum atomic E-state index is -0.125. The number of hydrogen-bond acceptors (Lipinski definition) is 6. The van der Waals surface area contributed by atoms with E-state index >= 15 is 0 Å². The van der Waals surface area contributed by atoms with Gasteiger partial charge < -0.3 is 21.3 Å². The summed E-state index contributed by atoms with van der Waals surface area (Å²) in [6, 6.07) is 6.40. The lowest BCUT2D eigenvalue weighted by atomic mass is 10.0. The molecule has 4 rings (SSSR count). The third-order valence-electron chi connectivity index (χ3n) is 4.61. The van der Waals surface area contributed by atoms with Crippen molar-refractivity contribution in [2.75, 3.05) is 30.3 Å². The van der Waals surface area contributed by atoms with Gasteiger partial charge in [0, 0.05) is 42.9 Å². The molecule has 3 heterocycles. The van der Waals surface area contributed by atoms with Gasteiger partial charge in [0.05, 0.1) is 5.56 Å². The van der Waals surface area contributed by atoms with Gasteiger partial charge >= 0.3 is 0 Å². The first-order chi connectivity index (χ1) is 12.3. The monoisotopic (exact) mass is 338 g/mol. The van der Waals surface area contributed by atoms with Gasteiger partial charge in [0.15, 0.2) is 0 Å². The number of aromatic nitrogens is 2. The van der Waals surface area contributed by atoms with Crippen LogP contribution in [0.5, 0.6) is 0 Å². The van der Waals surface area contributed by atoms with Crippen molar-refractivity contribution in [1.29, 1.82) is 0 Å². The number of fused-ring (bicyclic) bond motifs is 1. The van der Waals surface area contributed by atoms with Gasteiger partial charge in [-0.05, 0) is 49.6 Å². The molecule has 130 valence electrons. The van der Waals surface area contributed by atoms with Crippen LogP contribution in [-0.2, 0) is 6.42 Å². The SMILES string of the molecule is O=C(NC1CCNC1)c1cnc(Nc2ccc3c(c2)CCCN3)nc1. The number of nitrogens with zero attached hydrogens (tertiary/aromatic N) is 2. The predicted molar refractivity (Wildman–Crippen MR) is 97.3 cm³/mol. The Morgan fingerprint density at radius 3 is 2.88 bits per heavy atom. The summed E-state index contributed by atoms with van der Waals surface area (Å²) in [5.74, 6) is 0.364. The number of carbonyl (C=O) groups excluding carboxylic acids is 1. The fourth-order valence-electron chi connectivity index (χ4n) is 3.24. The van der Waals surface area contributed by atoms with Crippen molar-refractivity contribution in [3.05, 3.63) is 41.7 Å². The summed E-state index contributed by atoms with van der Waals surface area (Å²) in [5, 5.41) is 12.8. The zero-order valence-corrected chi connectivity index (χ0v) is 14.0. The average Bonchev–Trinajstić information content (AvgIpc) is 3.15. The van der Waals surface area contributed by atoms with Gasteiger partial charge in [-0.25, -0.2) is 9.97 Å². The summed E-state index contributed by atoms with van der Waals surface area (Å²) < 4.78 is 0. The maximum atomic E-state index is 12.2. The zero-order valence-electron chi connectivity index (χ0n) is 14.0. The highest BCUT2D eigenvalue weighted by Gasteiger charge is 2.18. The van der Waals surface area contributed by atoms with Crippen LogP contribution in [0.2, 0.25) is 0 Å². The molecule has 2 aliphatic rings. The van der Waals surface area contributed by atoms with Crippen molar-refractivity contribution in [2.24, 2.45) is 0 Å². The Kier molecular flexibility index (Phi) is 4.47. The molecule has 0 bridgehead atoms. The summed E-state index contributed by atoms with van der Waals surface area (Å²) in [6.45, 7) is 2.79. The predicted octanol–water partition coefficient (Wildman–Crippen LogP) is 1.67. The van der Waals surface area contributed by atoms with Gasteiger partial charge in [0.25, 0.3) is 5.91 Å². The Balaban J connectivity index is 1.41. The second kappa shape index (κ2) is 7.06. The number of aryl methyl sites for hydroxylation is 1. The highest BCUT2D eigenvalue weighted by molar-refractivity contribution is 5.93. The van der Waals surface area contributed by atoms with E-state index in [1.165, 1.54) is 11.3 Å². The number of hydrogen-bond donors (Lipinski definition) is 4. The average molecular weight is 338 g/mol. The Hall–Kier alpha value is -2.67. The van der Waals surface area contributed by atoms with Crippen LogP contribution in [0, 0.1) is 0 Å². The molecule has 1 amide bonds. The van der Waals surface area contributed by atoms with Crippen molar-refractivity contribution >= 4 is 23.2 Å². The minimum absolute atomic E-state index is 0.125. The van der Waals surface area contributed by atoms with Gasteiger partial charge in [-0.15, -0.1) is 0 Å². The summed E-state index contributed by atoms with van der Waals surface area (Å²) in [5.41, 5.74) is 3.94. The van der Waals surface area contributed by atoms with Gasteiger partial charge in [-0.1, -0.05) is 0 Å². The van der Waals surface area contributed by atoms with Crippen LogP contribution in [0.3, 0.4) is 0 Å². The molecule has 1 aromatic heterocycles. The van der Waals surface area contributed by atoms with E-state index in [0.29, 0.717) is 11.5 Å². The normalized spacial score (nSPS) is 19.0. The third kappa shape index (κ3) is 3.71. The molecule has 0 spiro atoms. The lowest BCUT2D eigenvalue weighted by Crippen LogP contribution is -2.36. The maximum Gasteiger partial charge on any atom is 0.254 e. The molecule has 1 fully saturated rings. The molecule has 1 unspecified atom stereocenters. The van der Waals surface area contributed by atoms with Crippen LogP contribution < -0.4 is 21.3 Å². The number of carbonyl (C=O) groups is 1. The quantitative estimate of drug-likeness (QED) is 0.678. The topological polar surface area (TPSA) is 91.0 Å². The molecular formula is C18H22N6O. The summed E-state index contributed by atoms with van der Waals surface area (Å²) in [6.07, 6.45) is 6.31. The molecule has 7 heteroatoms. The molecule has 25 heavy (non-hydrogen) atoms. The number of nitrogens with one attached hydrogen (secondary N) is 4. The van der Waals surface area contributed by atoms with Gasteiger partial charge in [0.1, 0.15) is 0 Å². The highest BCUT2D eigenvalue weighted by atomic mass is 16.1. The van der Waals surface area contributed by atoms with E-state index in [1.54, 1.807) is 12.4 Å². The van der Waals surface area contributed by atoms with Crippen molar-refractivity contribution in [3.8, 4) is 0 Å². The molecule has 1 saturated heterocycles. The van der Waals surface area contributed by atoms with E-state index in [2.05, 4.69) is 43.4 Å². The standard InChI is InChI=1S/C18H22N6O/c25-17(23-15-5-7-19-11-15)13-9-21-18(22-10-13)24-14-3-4-16-12(8-14)2-1-6-20-16/h3-4,8-10,15,19-20H,1-2,5-7,11H2,(H,23,25)(H,21,22,24). The molecule has 0 saturated carbocycles. The molecule has 7 nitrogen and oxygen atoms in total. The fraction of sp³-hybridized carbons (Fsp3) is 0.389. The van der Waals surface area contributed by atoms with Crippen LogP contribution >= 0.6 is 0 Å². The van der Waals surface area contributed by atoms with Crippen LogP contribution in [0.4, 0.5) is 17.3 Å². The Bertz CT molecular complexity index is 755. The number of anilines is 3. The van der Waals surface area contributed by atoms with Gasteiger partial charge in [-0.2, -0.15) is 0 Å². The van der Waals surface area contributed by atoms with Crippen LogP contribution in [-0.4, -0.2) is 41.6 Å². The molecule has 4 N–H and O–H groups in total. The lowest BCUT2D eigenvalue weighted by Gasteiger charge is -2.18. The van der Waals surface area contributed by atoms with E-state index in [9.17, 15) is 4.79 Å². The van der Waals surface area contributed by atoms with Crippen molar-refractivity contribution in [3.63, 3.8) is 0 Å². The van der Waals surface area contributed by atoms with Crippen LogP contribution in [0.15, 0.2) is 30.6 Å². The van der Waals surface area contributed by atoms with E-state index in [1.807, 2.05) is 6.07 Å². The lowest BCUT2D eigenvalue weighted by molar-refractivity contribution is 0.0939. The molecule has 0 aliphatic carbocycles. The van der Waals surface area contributed by atoms with Crippen LogP contribution in [0.25, 0.3) is 0 Å². The second-order valence-corrected chi connectivity index (χ2v) is 6.49. The van der Waals surface area contributed by atoms with Gasteiger partial charge in [0.2, 0.25) is 5.95 Å². The van der Waals surface area contributed by atoms with Crippen molar-refractivity contribution in [2.45, 2.75) is 25.3 Å². The van der Waals surface area contributed by atoms with Crippen molar-refractivity contribution < 1.29 is 4.79 Å². The van der Waals surface area contributed by atoms with E-state index in [0.717, 1.165) is 44.6 Å². The van der Waals surface area contributed by atoms with Gasteiger partial charge in [-0.3, -0.25) is 4.79 Å². The second-order valence-electron chi connectivity index (χ2n) is 6.49. The minimum Gasteiger partial charge on any atom is -0.385 e. The molecule has 1 atom stereocenters. The Morgan fingerprint density at radius 2 is 2.08 bits per heavy atom. The largest absolute Gasteiger partial charge is 0.385 e. The zero-order chi connectivity index (χ0) is 17.1. The smallest absolute Gasteiger partial charge is 0.254 e. The first-order valence-corrected chi connectivity index (χ1v) is 8.75. The highest BCUT2D eigenvalue weighted by Crippen LogP contribution is 2.26. The first-order valence-electron chi connectivity index (χ1n) is 8.75. The third-order valence-corrected chi connectivity index (χ3v) is 4.61. The molecule has 2 aromatic rings. The summed E-state index contributed by atoms with van der Waals surface area (Å²) in [4.78, 5) is 20.7. The van der Waals surface area contributed by atoms with Crippen molar-refractivity contribution in [1.82, 2.24) is 20.6 Å². The van der Waals surface area contributed by atoms with E-state index in [4.69, 9.17) is 0 Å². The molecule has 1 aromatic carbocycles. The number of rotatable bonds is 4. The Labute approximate surface area is 146 Å². The molecular weight excluding hydrogens is 316 g/mol. The van der Waals surface area contributed by atoms with E-state index in [-0.39, 0.29) is 11.9 Å². The summed E-state index contributed by atoms with van der Waals surface area (Å²) in [7, 11) is 0. The summed E-state index contributed by atoms with van der Waals surface area (Å²) >= 11 is 0.